The minimum Gasteiger partial charge on any atom is -0.494 e. The smallest absolute Gasteiger partial charge is 0.188 e. The highest BCUT2D eigenvalue weighted by molar-refractivity contribution is 14.0. The third-order valence-corrected chi connectivity index (χ3v) is 3.77. The molecular formula is C18H30IN3O3. The molecule has 0 saturated heterocycles. The predicted molar refractivity (Wildman–Crippen MR) is 111 cm³/mol. The first-order chi connectivity index (χ1) is 11.6. The van der Waals surface area contributed by atoms with Gasteiger partial charge >= 0.3 is 0 Å². The average molecular weight is 463 g/mol. The van der Waals surface area contributed by atoms with Crippen molar-refractivity contribution in [3.8, 4) is 11.5 Å². The lowest BCUT2D eigenvalue weighted by molar-refractivity contribution is 0.145. The predicted octanol–water partition coefficient (Wildman–Crippen LogP) is 2.86. The maximum absolute atomic E-state index is 5.92. The Labute approximate surface area is 167 Å². The van der Waals surface area contributed by atoms with Crippen molar-refractivity contribution in [2.75, 3.05) is 26.4 Å². The van der Waals surface area contributed by atoms with Crippen LogP contribution in [0.3, 0.4) is 0 Å². The van der Waals surface area contributed by atoms with Crippen LogP contribution in [0.2, 0.25) is 0 Å². The van der Waals surface area contributed by atoms with Crippen molar-refractivity contribution in [3.63, 3.8) is 0 Å². The maximum Gasteiger partial charge on any atom is 0.188 e. The number of nitrogens with one attached hydrogen (secondary N) is 1. The van der Waals surface area contributed by atoms with Crippen LogP contribution >= 0.6 is 24.0 Å². The second kappa shape index (κ2) is 11.4. The molecule has 1 heterocycles. The molecule has 1 atom stereocenters. The summed E-state index contributed by atoms with van der Waals surface area (Å²) in [5.74, 6) is 2.23. The summed E-state index contributed by atoms with van der Waals surface area (Å²) in [7, 11) is 0. The van der Waals surface area contributed by atoms with E-state index in [0.29, 0.717) is 19.1 Å². The summed E-state index contributed by atoms with van der Waals surface area (Å²) in [6, 6.07) is 4.09. The SMILES string of the molecule is CCOCCCNC(N)=NCc1cc2c(cc1OCC)CC(C)O2.I. The van der Waals surface area contributed by atoms with Crippen LogP contribution in [0.5, 0.6) is 11.5 Å². The first kappa shape index (κ1) is 21.8. The fourth-order valence-corrected chi connectivity index (χ4v) is 2.66. The molecule has 6 nitrogen and oxygen atoms in total. The Morgan fingerprint density at radius 1 is 1.36 bits per heavy atom. The largest absolute Gasteiger partial charge is 0.494 e. The quantitative estimate of drug-likeness (QED) is 0.255. The van der Waals surface area contributed by atoms with Gasteiger partial charge in [0.2, 0.25) is 0 Å². The van der Waals surface area contributed by atoms with Gasteiger partial charge in [-0.15, -0.1) is 24.0 Å². The van der Waals surface area contributed by atoms with Crippen LogP contribution in [-0.2, 0) is 17.7 Å². The minimum atomic E-state index is 0. The molecule has 2 rings (SSSR count). The highest BCUT2D eigenvalue weighted by Gasteiger charge is 2.21. The molecule has 3 N–H and O–H groups in total. The van der Waals surface area contributed by atoms with Crippen molar-refractivity contribution >= 4 is 29.9 Å². The molecule has 142 valence electrons. The van der Waals surface area contributed by atoms with Gasteiger partial charge in [-0.25, -0.2) is 4.99 Å². The Kier molecular flexibility index (Phi) is 9.96. The zero-order chi connectivity index (χ0) is 17.4. The van der Waals surface area contributed by atoms with Crippen LogP contribution in [0.25, 0.3) is 0 Å². The molecule has 0 aromatic heterocycles. The molecule has 0 amide bonds. The Morgan fingerprint density at radius 2 is 2.16 bits per heavy atom. The number of hydrogen-bond donors (Lipinski definition) is 2. The lowest BCUT2D eigenvalue weighted by Crippen LogP contribution is -2.32. The summed E-state index contributed by atoms with van der Waals surface area (Å²) in [6.45, 7) is 9.34. The number of rotatable bonds is 9. The number of nitrogens with two attached hydrogens (primary N) is 1. The molecule has 0 spiro atoms. The molecule has 25 heavy (non-hydrogen) atoms. The zero-order valence-electron chi connectivity index (χ0n) is 15.3. The van der Waals surface area contributed by atoms with Crippen molar-refractivity contribution < 1.29 is 14.2 Å². The third kappa shape index (κ3) is 6.89. The molecule has 0 fully saturated rings. The highest BCUT2D eigenvalue weighted by Crippen LogP contribution is 2.35. The van der Waals surface area contributed by atoms with Gasteiger partial charge in [0.1, 0.15) is 17.6 Å². The minimum absolute atomic E-state index is 0. The zero-order valence-corrected chi connectivity index (χ0v) is 17.7. The topological polar surface area (TPSA) is 78.1 Å². The average Bonchev–Trinajstić information content (AvgIpc) is 2.91. The lowest BCUT2D eigenvalue weighted by atomic mass is 10.1. The third-order valence-electron chi connectivity index (χ3n) is 3.77. The molecule has 7 heteroatoms. The van der Waals surface area contributed by atoms with Gasteiger partial charge in [-0.1, -0.05) is 0 Å². The molecule has 0 bridgehead atoms. The fourth-order valence-electron chi connectivity index (χ4n) is 2.66. The van der Waals surface area contributed by atoms with Crippen molar-refractivity contribution in [2.24, 2.45) is 10.7 Å². The van der Waals surface area contributed by atoms with E-state index in [-0.39, 0.29) is 30.1 Å². The molecule has 1 aromatic rings. The van der Waals surface area contributed by atoms with E-state index in [1.165, 1.54) is 5.56 Å². The summed E-state index contributed by atoms with van der Waals surface area (Å²) in [5, 5.41) is 3.10. The molecule has 1 unspecified atom stereocenters. The van der Waals surface area contributed by atoms with Gasteiger partial charge in [0.15, 0.2) is 5.96 Å². The van der Waals surface area contributed by atoms with Gasteiger partial charge in [-0.05, 0) is 39.3 Å². The van der Waals surface area contributed by atoms with E-state index in [0.717, 1.165) is 49.7 Å². The first-order valence-corrected chi connectivity index (χ1v) is 8.70. The standard InChI is InChI=1S/C18H29N3O3.HI/c1-4-22-8-6-7-20-18(19)21-12-15-11-17-14(9-13(3)24-17)10-16(15)23-5-2;/h10-11,13H,4-9,12H2,1-3H3,(H3,19,20,21);1H. The number of hydrogen-bond acceptors (Lipinski definition) is 4. The van der Waals surface area contributed by atoms with Gasteiger partial charge in [-0.2, -0.15) is 0 Å². The van der Waals surface area contributed by atoms with Crippen LogP contribution in [0.4, 0.5) is 0 Å². The Balaban J connectivity index is 0.00000312. The number of ether oxygens (including phenoxy) is 3. The van der Waals surface area contributed by atoms with Crippen LogP contribution < -0.4 is 20.5 Å². The summed E-state index contributed by atoms with van der Waals surface area (Å²) >= 11 is 0. The van der Waals surface area contributed by atoms with E-state index in [9.17, 15) is 0 Å². The summed E-state index contributed by atoms with van der Waals surface area (Å²) in [5.41, 5.74) is 8.11. The van der Waals surface area contributed by atoms with Gasteiger partial charge in [0.25, 0.3) is 0 Å². The number of fused-ring (bicyclic) bond motifs is 1. The van der Waals surface area contributed by atoms with Crippen LogP contribution in [0, 0.1) is 0 Å². The van der Waals surface area contributed by atoms with Crippen LogP contribution in [0.1, 0.15) is 38.3 Å². The van der Waals surface area contributed by atoms with E-state index < -0.39 is 0 Å². The van der Waals surface area contributed by atoms with Crippen molar-refractivity contribution in [2.45, 2.75) is 46.3 Å². The molecule has 0 radical (unpaired) electrons. The Hall–Kier alpha value is -1.22. The number of nitrogens with zero attached hydrogens (tertiary/aromatic N) is 1. The van der Waals surface area contributed by atoms with E-state index >= 15 is 0 Å². The number of aliphatic imine (C=N–C) groups is 1. The normalized spacial score (nSPS) is 16.0. The van der Waals surface area contributed by atoms with Gasteiger partial charge < -0.3 is 25.3 Å². The van der Waals surface area contributed by atoms with Gasteiger partial charge in [0.05, 0.1) is 13.2 Å². The van der Waals surface area contributed by atoms with E-state index in [1.54, 1.807) is 0 Å². The maximum atomic E-state index is 5.92. The van der Waals surface area contributed by atoms with Gasteiger partial charge in [0, 0.05) is 37.3 Å². The number of halogens is 1. The Morgan fingerprint density at radius 3 is 2.88 bits per heavy atom. The molecule has 1 aliphatic rings. The van der Waals surface area contributed by atoms with E-state index in [4.69, 9.17) is 19.9 Å². The second-order valence-electron chi connectivity index (χ2n) is 5.81. The first-order valence-electron chi connectivity index (χ1n) is 8.70. The second-order valence-corrected chi connectivity index (χ2v) is 5.81. The molecule has 0 aliphatic carbocycles. The highest BCUT2D eigenvalue weighted by atomic mass is 127. The molecular weight excluding hydrogens is 433 g/mol. The van der Waals surface area contributed by atoms with Crippen LogP contribution in [0.15, 0.2) is 17.1 Å². The lowest BCUT2D eigenvalue weighted by Gasteiger charge is -2.12. The molecule has 0 saturated carbocycles. The van der Waals surface area contributed by atoms with Crippen molar-refractivity contribution in [3.05, 3.63) is 23.3 Å². The number of benzene rings is 1. The molecule has 1 aromatic carbocycles. The van der Waals surface area contributed by atoms with Crippen molar-refractivity contribution in [1.29, 1.82) is 0 Å². The van der Waals surface area contributed by atoms with Crippen molar-refractivity contribution in [1.82, 2.24) is 5.32 Å². The summed E-state index contributed by atoms with van der Waals surface area (Å²) < 4.78 is 16.9. The Bertz CT molecular complexity index is 567. The number of guanidine groups is 1. The fraction of sp³-hybridized carbons (Fsp3) is 0.611. The van der Waals surface area contributed by atoms with E-state index in [1.807, 2.05) is 19.9 Å². The monoisotopic (exact) mass is 463 g/mol. The van der Waals surface area contributed by atoms with E-state index in [2.05, 4.69) is 23.3 Å². The summed E-state index contributed by atoms with van der Waals surface area (Å²) in [6.07, 6.45) is 2.03. The van der Waals surface area contributed by atoms with Crippen LogP contribution in [-0.4, -0.2) is 38.4 Å². The summed E-state index contributed by atoms with van der Waals surface area (Å²) in [4.78, 5) is 4.41. The molecule has 1 aliphatic heterocycles. The van der Waals surface area contributed by atoms with Gasteiger partial charge in [-0.3, -0.25) is 0 Å².